The zero-order valence-corrected chi connectivity index (χ0v) is 13.2. The number of hydrogen-bond acceptors (Lipinski definition) is 2. The Kier molecular flexibility index (Phi) is 6.89. The van der Waals surface area contributed by atoms with Gasteiger partial charge in [-0.05, 0) is 56.3 Å². The van der Waals surface area contributed by atoms with E-state index >= 15 is 0 Å². The van der Waals surface area contributed by atoms with Crippen molar-refractivity contribution in [1.29, 1.82) is 0 Å². The number of carbonyl (C=O) groups is 1. The van der Waals surface area contributed by atoms with Crippen LogP contribution in [0.25, 0.3) is 0 Å². The van der Waals surface area contributed by atoms with E-state index < -0.39 is 0 Å². The SMILES string of the molecule is CCCCCC1CCC(C2CCC(OC=O)CC2)CC1. The second-order valence-corrected chi connectivity index (χ2v) is 7.05. The van der Waals surface area contributed by atoms with Crippen LogP contribution in [0.5, 0.6) is 0 Å². The molecule has 0 N–H and O–H groups in total. The Morgan fingerprint density at radius 2 is 1.50 bits per heavy atom. The molecule has 0 spiro atoms. The smallest absolute Gasteiger partial charge is 0.293 e. The summed E-state index contributed by atoms with van der Waals surface area (Å²) in [5, 5.41) is 0. The third-order valence-electron chi connectivity index (χ3n) is 5.74. The summed E-state index contributed by atoms with van der Waals surface area (Å²) in [6.45, 7) is 2.92. The first-order valence-electron chi connectivity index (χ1n) is 8.92. The number of ether oxygens (including phenoxy) is 1. The lowest BCUT2D eigenvalue weighted by Gasteiger charge is -2.37. The van der Waals surface area contributed by atoms with Gasteiger partial charge in [0.15, 0.2) is 0 Å². The van der Waals surface area contributed by atoms with E-state index in [2.05, 4.69) is 6.92 Å². The second kappa shape index (κ2) is 8.69. The molecule has 2 rings (SSSR count). The van der Waals surface area contributed by atoms with E-state index in [0.29, 0.717) is 6.47 Å². The molecule has 0 amide bonds. The Labute approximate surface area is 124 Å². The van der Waals surface area contributed by atoms with Gasteiger partial charge in [-0.25, -0.2) is 0 Å². The van der Waals surface area contributed by atoms with Crippen molar-refractivity contribution < 1.29 is 9.53 Å². The maximum Gasteiger partial charge on any atom is 0.293 e. The summed E-state index contributed by atoms with van der Waals surface area (Å²) in [6, 6.07) is 0. The monoisotopic (exact) mass is 280 g/mol. The summed E-state index contributed by atoms with van der Waals surface area (Å²) < 4.78 is 5.11. The maximum absolute atomic E-state index is 10.4. The van der Waals surface area contributed by atoms with Crippen molar-refractivity contribution >= 4 is 6.47 Å². The van der Waals surface area contributed by atoms with E-state index in [-0.39, 0.29) is 6.10 Å². The van der Waals surface area contributed by atoms with Crippen LogP contribution >= 0.6 is 0 Å². The van der Waals surface area contributed by atoms with Crippen LogP contribution in [0.4, 0.5) is 0 Å². The lowest BCUT2D eigenvalue weighted by molar-refractivity contribution is -0.135. The quantitative estimate of drug-likeness (QED) is 0.479. The number of hydrogen-bond donors (Lipinski definition) is 0. The molecule has 0 aromatic carbocycles. The van der Waals surface area contributed by atoms with Crippen molar-refractivity contribution in [2.75, 3.05) is 0 Å². The Morgan fingerprint density at radius 1 is 0.900 bits per heavy atom. The highest BCUT2D eigenvalue weighted by molar-refractivity contribution is 5.37. The van der Waals surface area contributed by atoms with Gasteiger partial charge in [-0.15, -0.1) is 0 Å². The fraction of sp³-hybridized carbons (Fsp3) is 0.944. The Morgan fingerprint density at radius 3 is 2.05 bits per heavy atom. The van der Waals surface area contributed by atoms with Crippen LogP contribution < -0.4 is 0 Å². The third kappa shape index (κ3) is 4.79. The van der Waals surface area contributed by atoms with E-state index in [9.17, 15) is 4.79 Å². The summed E-state index contributed by atoms with van der Waals surface area (Å²) in [4.78, 5) is 10.4. The molecule has 2 saturated carbocycles. The van der Waals surface area contributed by atoms with Crippen LogP contribution in [0.2, 0.25) is 0 Å². The molecule has 2 nitrogen and oxygen atoms in total. The van der Waals surface area contributed by atoms with Gasteiger partial charge in [-0.3, -0.25) is 4.79 Å². The highest BCUT2D eigenvalue weighted by atomic mass is 16.5. The van der Waals surface area contributed by atoms with Crippen LogP contribution in [0.1, 0.15) is 84.0 Å². The van der Waals surface area contributed by atoms with E-state index in [1.807, 2.05) is 0 Å². The average Bonchev–Trinajstić information content (AvgIpc) is 2.49. The van der Waals surface area contributed by atoms with Crippen molar-refractivity contribution in [3.05, 3.63) is 0 Å². The van der Waals surface area contributed by atoms with Crippen molar-refractivity contribution in [2.45, 2.75) is 90.1 Å². The summed E-state index contributed by atoms with van der Waals surface area (Å²) in [7, 11) is 0. The third-order valence-corrected chi connectivity index (χ3v) is 5.74. The van der Waals surface area contributed by atoms with Crippen LogP contribution in [0.3, 0.4) is 0 Å². The highest BCUT2D eigenvalue weighted by Crippen LogP contribution is 2.41. The molecule has 0 aromatic heterocycles. The van der Waals surface area contributed by atoms with Crippen molar-refractivity contribution in [2.24, 2.45) is 17.8 Å². The molecule has 0 radical (unpaired) electrons. The van der Waals surface area contributed by atoms with E-state index in [0.717, 1.165) is 30.6 Å². The molecule has 20 heavy (non-hydrogen) atoms. The highest BCUT2D eigenvalue weighted by Gasteiger charge is 2.31. The van der Waals surface area contributed by atoms with Crippen LogP contribution in [0, 0.1) is 17.8 Å². The van der Waals surface area contributed by atoms with Gasteiger partial charge in [0.05, 0.1) is 0 Å². The molecule has 0 aromatic rings. The maximum atomic E-state index is 10.4. The Balaban J connectivity index is 1.63. The molecule has 2 fully saturated rings. The zero-order chi connectivity index (χ0) is 14.2. The van der Waals surface area contributed by atoms with Gasteiger partial charge in [0.1, 0.15) is 6.10 Å². The normalized spacial score (nSPS) is 34.6. The number of unbranched alkanes of at least 4 members (excludes halogenated alkanes) is 2. The van der Waals surface area contributed by atoms with Crippen LogP contribution in [-0.2, 0) is 9.53 Å². The van der Waals surface area contributed by atoms with Gasteiger partial charge in [-0.2, -0.15) is 0 Å². The van der Waals surface area contributed by atoms with Gasteiger partial charge < -0.3 is 4.74 Å². The van der Waals surface area contributed by atoms with E-state index in [1.165, 1.54) is 64.2 Å². The minimum atomic E-state index is 0.217. The Bertz CT molecular complexity index is 261. The Hall–Kier alpha value is -0.530. The lowest BCUT2D eigenvalue weighted by Crippen LogP contribution is -2.28. The minimum absolute atomic E-state index is 0.217. The minimum Gasteiger partial charge on any atom is -0.465 e. The second-order valence-electron chi connectivity index (χ2n) is 7.05. The number of carbonyl (C=O) groups excluding carboxylic acids is 1. The summed E-state index contributed by atoms with van der Waals surface area (Å²) >= 11 is 0. The van der Waals surface area contributed by atoms with Crippen molar-refractivity contribution in [1.82, 2.24) is 0 Å². The fourth-order valence-corrected chi connectivity index (χ4v) is 4.41. The van der Waals surface area contributed by atoms with Crippen LogP contribution in [-0.4, -0.2) is 12.6 Å². The first-order chi connectivity index (χ1) is 9.83. The molecule has 0 atom stereocenters. The molecular formula is C18H32O2. The first-order valence-corrected chi connectivity index (χ1v) is 8.92. The zero-order valence-electron chi connectivity index (χ0n) is 13.2. The van der Waals surface area contributed by atoms with Crippen molar-refractivity contribution in [3.8, 4) is 0 Å². The molecular weight excluding hydrogens is 248 g/mol. The van der Waals surface area contributed by atoms with Gasteiger partial charge in [-0.1, -0.05) is 45.4 Å². The molecule has 0 bridgehead atoms. The molecule has 0 saturated heterocycles. The standard InChI is InChI=1S/C18H32O2/c1-2-3-4-5-15-6-8-16(9-7-15)17-10-12-18(13-11-17)20-14-19/h14-18H,2-13H2,1H3. The topological polar surface area (TPSA) is 26.3 Å². The van der Waals surface area contributed by atoms with Gasteiger partial charge in [0.2, 0.25) is 0 Å². The summed E-state index contributed by atoms with van der Waals surface area (Å²) in [5.41, 5.74) is 0. The largest absolute Gasteiger partial charge is 0.465 e. The van der Waals surface area contributed by atoms with E-state index in [1.54, 1.807) is 0 Å². The molecule has 116 valence electrons. The first kappa shape index (κ1) is 15.9. The van der Waals surface area contributed by atoms with Crippen molar-refractivity contribution in [3.63, 3.8) is 0 Å². The van der Waals surface area contributed by atoms with Gasteiger partial charge >= 0.3 is 0 Å². The number of rotatable bonds is 7. The molecule has 0 aliphatic heterocycles. The molecule has 2 aliphatic rings. The molecule has 0 heterocycles. The molecule has 2 aliphatic carbocycles. The molecule has 0 unspecified atom stereocenters. The summed E-state index contributed by atoms with van der Waals surface area (Å²) in [6.07, 6.45) is 16.5. The van der Waals surface area contributed by atoms with E-state index in [4.69, 9.17) is 4.74 Å². The van der Waals surface area contributed by atoms with Gasteiger partial charge in [0, 0.05) is 0 Å². The molecule has 2 heteroatoms. The fourth-order valence-electron chi connectivity index (χ4n) is 4.41. The van der Waals surface area contributed by atoms with Gasteiger partial charge in [0.25, 0.3) is 6.47 Å². The average molecular weight is 280 g/mol. The predicted octanol–water partition coefficient (Wildman–Crippen LogP) is 5.10. The van der Waals surface area contributed by atoms with Crippen LogP contribution in [0.15, 0.2) is 0 Å². The lowest BCUT2D eigenvalue weighted by atomic mass is 9.70. The predicted molar refractivity (Wildman–Crippen MR) is 82.5 cm³/mol. The summed E-state index contributed by atoms with van der Waals surface area (Å²) in [5.74, 6) is 2.90.